The average Bonchev–Trinajstić information content (AvgIpc) is 3.22. The number of rotatable bonds is 2. The molecule has 4 atom stereocenters. The molecular formula is C14H24N6O. The van der Waals surface area contributed by atoms with Gasteiger partial charge in [-0.3, -0.25) is 20.0 Å². The fourth-order valence-electron chi connectivity index (χ4n) is 3.81. The number of fused-ring (bicyclic) bond motifs is 3. The maximum atomic E-state index is 12.1. The molecule has 0 bridgehead atoms. The molecule has 0 aromatic heterocycles. The van der Waals surface area contributed by atoms with E-state index in [0.29, 0.717) is 12.1 Å². The molecule has 4 rings (SSSR count). The number of carbonyl (C=O) groups excluding carboxylic acids is 1. The Balaban J connectivity index is 1.56. The van der Waals surface area contributed by atoms with Crippen molar-refractivity contribution in [3.63, 3.8) is 0 Å². The van der Waals surface area contributed by atoms with Gasteiger partial charge in [0.25, 0.3) is 0 Å². The molecule has 21 heavy (non-hydrogen) atoms. The normalized spacial score (nSPS) is 39.1. The van der Waals surface area contributed by atoms with Gasteiger partial charge in [-0.15, -0.1) is 5.53 Å². The molecule has 4 unspecified atom stereocenters. The van der Waals surface area contributed by atoms with Gasteiger partial charge < -0.3 is 10.7 Å². The van der Waals surface area contributed by atoms with Gasteiger partial charge in [-0.05, 0) is 39.8 Å². The molecule has 0 aromatic carbocycles. The smallest absolute Gasteiger partial charge is 0.224 e. The Morgan fingerprint density at radius 1 is 1.38 bits per heavy atom. The largest absolute Gasteiger partial charge is 0.339 e. The molecule has 0 aromatic rings. The summed E-state index contributed by atoms with van der Waals surface area (Å²) in [6, 6.07) is 0.938. The van der Waals surface area contributed by atoms with Crippen LogP contribution in [-0.2, 0) is 4.79 Å². The van der Waals surface area contributed by atoms with E-state index >= 15 is 0 Å². The first-order valence-corrected chi connectivity index (χ1v) is 7.93. The predicted molar refractivity (Wildman–Crippen MR) is 78.3 cm³/mol. The number of nitrogens with zero attached hydrogens (tertiary/aromatic N) is 2. The number of carbonyl (C=O) groups is 1. The van der Waals surface area contributed by atoms with Crippen LogP contribution in [0.3, 0.4) is 0 Å². The van der Waals surface area contributed by atoms with E-state index in [-0.39, 0.29) is 24.0 Å². The SMILES string of the molecule is CC1C2=CNNN2C2CCNC(NC(=O)C3CC3)C2N1C. The monoisotopic (exact) mass is 292 g/mol. The number of hydrazine groups is 2. The number of hydrogen-bond acceptors (Lipinski definition) is 6. The van der Waals surface area contributed by atoms with E-state index in [9.17, 15) is 4.79 Å². The van der Waals surface area contributed by atoms with Crippen molar-refractivity contribution in [1.82, 2.24) is 31.5 Å². The zero-order valence-electron chi connectivity index (χ0n) is 12.6. The fraction of sp³-hybridized carbons (Fsp3) is 0.786. The van der Waals surface area contributed by atoms with E-state index in [1.165, 1.54) is 5.70 Å². The first-order valence-electron chi connectivity index (χ1n) is 7.93. The lowest BCUT2D eigenvalue weighted by Gasteiger charge is -2.54. The van der Waals surface area contributed by atoms with Gasteiger partial charge in [0.15, 0.2) is 0 Å². The van der Waals surface area contributed by atoms with Crippen LogP contribution in [0.1, 0.15) is 26.2 Å². The van der Waals surface area contributed by atoms with Crippen molar-refractivity contribution in [2.24, 2.45) is 5.92 Å². The van der Waals surface area contributed by atoms with Gasteiger partial charge in [0.1, 0.15) is 0 Å². The van der Waals surface area contributed by atoms with Crippen LogP contribution in [0.5, 0.6) is 0 Å². The minimum atomic E-state index is 0.0215. The Labute approximate surface area is 125 Å². The highest BCUT2D eigenvalue weighted by Crippen LogP contribution is 2.33. The minimum absolute atomic E-state index is 0.0215. The second-order valence-electron chi connectivity index (χ2n) is 6.60. The summed E-state index contributed by atoms with van der Waals surface area (Å²) in [6.07, 6.45) is 5.21. The standard InChI is InChI=1S/C14H24N6O/c1-8-11-7-16-18-20(11)10-5-6-15-13(12(10)19(8)2)17-14(21)9-3-4-9/h7-10,12-13,15-16,18H,3-6H2,1-2H3,(H,17,21). The zero-order chi connectivity index (χ0) is 14.6. The number of hydrogen-bond donors (Lipinski definition) is 4. The maximum Gasteiger partial charge on any atom is 0.224 e. The second kappa shape index (κ2) is 4.86. The second-order valence-corrected chi connectivity index (χ2v) is 6.60. The van der Waals surface area contributed by atoms with Crippen LogP contribution in [0.4, 0.5) is 0 Å². The molecule has 4 N–H and O–H groups in total. The van der Waals surface area contributed by atoms with Gasteiger partial charge in [-0.25, -0.2) is 0 Å². The van der Waals surface area contributed by atoms with E-state index in [1.807, 2.05) is 6.20 Å². The first-order chi connectivity index (χ1) is 10.2. The third-order valence-electron chi connectivity index (χ3n) is 5.31. The topological polar surface area (TPSA) is 71.7 Å². The van der Waals surface area contributed by atoms with Crippen molar-refractivity contribution in [1.29, 1.82) is 0 Å². The minimum Gasteiger partial charge on any atom is -0.339 e. The molecule has 1 aliphatic carbocycles. The molecule has 1 saturated carbocycles. The summed E-state index contributed by atoms with van der Waals surface area (Å²) in [4.78, 5) is 14.5. The molecule has 7 heteroatoms. The Hall–Kier alpha value is -1.31. The Morgan fingerprint density at radius 3 is 2.95 bits per heavy atom. The number of amides is 1. The molecule has 1 amide bonds. The van der Waals surface area contributed by atoms with Crippen molar-refractivity contribution in [3.8, 4) is 0 Å². The van der Waals surface area contributed by atoms with Gasteiger partial charge in [-0.2, -0.15) is 0 Å². The van der Waals surface area contributed by atoms with Gasteiger partial charge in [0, 0.05) is 12.1 Å². The quantitative estimate of drug-likeness (QED) is 0.527. The van der Waals surface area contributed by atoms with Crippen molar-refractivity contribution in [2.75, 3.05) is 13.6 Å². The summed E-state index contributed by atoms with van der Waals surface area (Å²) < 4.78 is 0. The number of likely N-dealkylation sites (N-methyl/N-ethyl adjacent to an activating group) is 1. The Bertz CT molecular complexity index is 476. The van der Waals surface area contributed by atoms with Crippen molar-refractivity contribution in [3.05, 3.63) is 11.9 Å². The third-order valence-corrected chi connectivity index (χ3v) is 5.31. The summed E-state index contributed by atoms with van der Waals surface area (Å²) in [7, 11) is 2.15. The molecule has 4 aliphatic rings. The van der Waals surface area contributed by atoms with Gasteiger partial charge in [-0.1, -0.05) is 0 Å². The molecule has 3 fully saturated rings. The molecule has 2 saturated heterocycles. The molecule has 3 aliphatic heterocycles. The zero-order valence-corrected chi connectivity index (χ0v) is 12.6. The van der Waals surface area contributed by atoms with E-state index in [4.69, 9.17) is 0 Å². The van der Waals surface area contributed by atoms with Crippen LogP contribution in [0.15, 0.2) is 11.9 Å². The third kappa shape index (κ3) is 2.11. The lowest BCUT2D eigenvalue weighted by molar-refractivity contribution is -0.125. The van der Waals surface area contributed by atoms with E-state index in [0.717, 1.165) is 25.8 Å². The summed E-state index contributed by atoms with van der Waals surface area (Å²) in [5, 5.41) is 8.96. The Morgan fingerprint density at radius 2 is 2.19 bits per heavy atom. The molecular weight excluding hydrogens is 268 g/mol. The highest BCUT2D eigenvalue weighted by atomic mass is 16.2. The average molecular weight is 292 g/mol. The Kier molecular flexibility index (Phi) is 3.09. The van der Waals surface area contributed by atoms with Crippen molar-refractivity contribution in [2.45, 2.75) is 50.5 Å². The maximum absolute atomic E-state index is 12.1. The predicted octanol–water partition coefficient (Wildman–Crippen LogP) is -0.931. The van der Waals surface area contributed by atoms with Crippen LogP contribution in [0.2, 0.25) is 0 Å². The van der Waals surface area contributed by atoms with E-state index < -0.39 is 0 Å². The molecule has 7 nitrogen and oxygen atoms in total. The van der Waals surface area contributed by atoms with Crippen LogP contribution in [0, 0.1) is 5.92 Å². The summed E-state index contributed by atoms with van der Waals surface area (Å²) in [6.45, 7) is 3.13. The van der Waals surface area contributed by atoms with Crippen molar-refractivity contribution < 1.29 is 4.79 Å². The van der Waals surface area contributed by atoms with Crippen molar-refractivity contribution >= 4 is 5.91 Å². The van der Waals surface area contributed by atoms with Gasteiger partial charge >= 0.3 is 0 Å². The number of piperidine rings is 1. The van der Waals surface area contributed by atoms with E-state index in [2.05, 4.69) is 45.5 Å². The van der Waals surface area contributed by atoms with Crippen LogP contribution < -0.4 is 21.6 Å². The molecule has 0 radical (unpaired) electrons. The van der Waals surface area contributed by atoms with Gasteiger partial charge in [0.05, 0.1) is 30.0 Å². The van der Waals surface area contributed by atoms with Crippen LogP contribution in [0.25, 0.3) is 0 Å². The number of nitrogens with one attached hydrogen (secondary N) is 4. The fourth-order valence-corrected chi connectivity index (χ4v) is 3.81. The summed E-state index contributed by atoms with van der Waals surface area (Å²) in [5.74, 6) is 0.462. The molecule has 3 heterocycles. The van der Waals surface area contributed by atoms with Crippen LogP contribution >= 0.6 is 0 Å². The molecule has 116 valence electrons. The lowest BCUT2D eigenvalue weighted by Crippen LogP contribution is -2.74. The lowest BCUT2D eigenvalue weighted by atomic mass is 9.90. The highest BCUT2D eigenvalue weighted by molar-refractivity contribution is 5.81. The van der Waals surface area contributed by atoms with Crippen LogP contribution in [-0.4, -0.2) is 53.7 Å². The highest BCUT2D eigenvalue weighted by Gasteiger charge is 2.48. The summed E-state index contributed by atoms with van der Waals surface area (Å²) in [5.41, 5.74) is 7.62. The number of piperazine rings is 1. The van der Waals surface area contributed by atoms with Gasteiger partial charge in [0.2, 0.25) is 5.91 Å². The summed E-state index contributed by atoms with van der Waals surface area (Å²) >= 11 is 0. The van der Waals surface area contributed by atoms with E-state index in [1.54, 1.807) is 0 Å². The molecule has 0 spiro atoms. The first kappa shape index (κ1) is 13.4.